The van der Waals surface area contributed by atoms with E-state index >= 15 is 0 Å². The van der Waals surface area contributed by atoms with Gasteiger partial charge in [-0.25, -0.2) is 0 Å². The molecule has 0 radical (unpaired) electrons. The predicted molar refractivity (Wildman–Crippen MR) is 84.2 cm³/mol. The molecule has 1 N–H and O–H groups in total. The standard InChI is InChI=1S/C17H26N2O2/c1-17(2,3)18-11-13-7-8-15(21-4)14(10-13)12-19-9-5-6-16(19)20/h7-8,10,18H,5-6,9,11-12H2,1-4H3. The van der Waals surface area contributed by atoms with E-state index in [1.165, 1.54) is 5.56 Å². The van der Waals surface area contributed by atoms with Crippen molar-refractivity contribution in [1.82, 2.24) is 10.2 Å². The van der Waals surface area contributed by atoms with Crippen LogP contribution in [0.3, 0.4) is 0 Å². The van der Waals surface area contributed by atoms with Crippen molar-refractivity contribution >= 4 is 5.91 Å². The fourth-order valence-corrected chi connectivity index (χ4v) is 2.51. The number of amides is 1. The fraction of sp³-hybridized carbons (Fsp3) is 0.588. The van der Waals surface area contributed by atoms with Gasteiger partial charge in [-0.2, -0.15) is 0 Å². The number of rotatable bonds is 5. The summed E-state index contributed by atoms with van der Waals surface area (Å²) in [6.07, 6.45) is 1.64. The molecule has 1 fully saturated rings. The molecule has 0 unspecified atom stereocenters. The molecule has 4 heteroatoms. The summed E-state index contributed by atoms with van der Waals surface area (Å²) in [4.78, 5) is 13.7. The maximum atomic E-state index is 11.8. The molecular formula is C17H26N2O2. The summed E-state index contributed by atoms with van der Waals surface area (Å²) in [5, 5.41) is 3.48. The summed E-state index contributed by atoms with van der Waals surface area (Å²) in [6.45, 7) is 8.77. The van der Waals surface area contributed by atoms with Crippen molar-refractivity contribution < 1.29 is 9.53 Å². The summed E-state index contributed by atoms with van der Waals surface area (Å²) in [5.41, 5.74) is 2.39. The number of methoxy groups -OCH3 is 1. The van der Waals surface area contributed by atoms with Crippen LogP contribution < -0.4 is 10.1 Å². The maximum Gasteiger partial charge on any atom is 0.222 e. The molecule has 0 aliphatic carbocycles. The Labute approximate surface area is 127 Å². The van der Waals surface area contributed by atoms with Crippen LogP contribution in [0.5, 0.6) is 5.75 Å². The average Bonchev–Trinajstić information content (AvgIpc) is 2.81. The monoisotopic (exact) mass is 290 g/mol. The van der Waals surface area contributed by atoms with Crippen LogP contribution in [0.15, 0.2) is 18.2 Å². The quantitative estimate of drug-likeness (QED) is 0.906. The molecule has 0 spiro atoms. The van der Waals surface area contributed by atoms with Crippen molar-refractivity contribution in [2.45, 2.75) is 52.2 Å². The van der Waals surface area contributed by atoms with Crippen LogP contribution in [0.25, 0.3) is 0 Å². The van der Waals surface area contributed by atoms with Crippen LogP contribution in [0.2, 0.25) is 0 Å². The molecule has 1 aromatic carbocycles. The summed E-state index contributed by atoms with van der Waals surface area (Å²) in [6, 6.07) is 6.21. The minimum atomic E-state index is 0.0883. The third kappa shape index (κ3) is 4.46. The number of nitrogens with one attached hydrogen (secondary N) is 1. The van der Waals surface area contributed by atoms with Gasteiger partial charge in [-0.05, 0) is 44.9 Å². The Kier molecular flexibility index (Phi) is 4.88. The normalized spacial score (nSPS) is 15.6. The van der Waals surface area contributed by atoms with Crippen molar-refractivity contribution in [3.8, 4) is 5.75 Å². The third-order valence-corrected chi connectivity index (χ3v) is 3.70. The van der Waals surface area contributed by atoms with E-state index in [4.69, 9.17) is 4.74 Å². The van der Waals surface area contributed by atoms with Crippen LogP contribution in [0, 0.1) is 0 Å². The number of carbonyl (C=O) groups is 1. The largest absolute Gasteiger partial charge is 0.496 e. The Morgan fingerprint density at radius 3 is 2.67 bits per heavy atom. The molecule has 4 nitrogen and oxygen atoms in total. The Morgan fingerprint density at radius 1 is 1.33 bits per heavy atom. The zero-order chi connectivity index (χ0) is 15.5. The molecule has 1 amide bonds. The first-order valence-corrected chi connectivity index (χ1v) is 7.57. The predicted octanol–water partition coefficient (Wildman–Crippen LogP) is 2.71. The minimum Gasteiger partial charge on any atom is -0.496 e. The van der Waals surface area contributed by atoms with Crippen molar-refractivity contribution in [2.24, 2.45) is 0 Å². The number of likely N-dealkylation sites (tertiary alicyclic amines) is 1. The van der Waals surface area contributed by atoms with Crippen molar-refractivity contribution in [3.63, 3.8) is 0 Å². The second kappa shape index (κ2) is 6.48. The Bertz CT molecular complexity index is 506. The molecule has 116 valence electrons. The second-order valence-corrected chi connectivity index (χ2v) is 6.67. The van der Waals surface area contributed by atoms with Crippen LogP contribution in [0.4, 0.5) is 0 Å². The van der Waals surface area contributed by atoms with E-state index in [9.17, 15) is 4.79 Å². The van der Waals surface area contributed by atoms with Gasteiger partial charge in [0.2, 0.25) is 5.91 Å². The Morgan fingerprint density at radius 2 is 2.10 bits per heavy atom. The van der Waals surface area contributed by atoms with E-state index in [0.717, 1.165) is 30.8 Å². The lowest BCUT2D eigenvalue weighted by Crippen LogP contribution is -2.35. The van der Waals surface area contributed by atoms with Crippen LogP contribution in [-0.2, 0) is 17.9 Å². The van der Waals surface area contributed by atoms with Gasteiger partial charge in [0.1, 0.15) is 5.75 Å². The number of hydrogen-bond acceptors (Lipinski definition) is 3. The highest BCUT2D eigenvalue weighted by atomic mass is 16.5. The van der Waals surface area contributed by atoms with Crippen LogP contribution in [0.1, 0.15) is 44.7 Å². The highest BCUT2D eigenvalue weighted by Gasteiger charge is 2.21. The molecule has 21 heavy (non-hydrogen) atoms. The van der Waals surface area contributed by atoms with Crippen molar-refractivity contribution in [2.75, 3.05) is 13.7 Å². The van der Waals surface area contributed by atoms with Gasteiger partial charge >= 0.3 is 0 Å². The van der Waals surface area contributed by atoms with Crippen LogP contribution in [-0.4, -0.2) is 30.0 Å². The molecule has 0 saturated carbocycles. The van der Waals surface area contributed by atoms with E-state index in [0.29, 0.717) is 13.0 Å². The summed E-state index contributed by atoms with van der Waals surface area (Å²) in [7, 11) is 1.68. The number of ether oxygens (including phenoxy) is 1. The molecule has 2 rings (SSSR count). The van der Waals surface area contributed by atoms with E-state index in [2.05, 4.69) is 38.2 Å². The van der Waals surface area contributed by atoms with Gasteiger partial charge < -0.3 is 15.0 Å². The molecule has 1 heterocycles. The lowest BCUT2D eigenvalue weighted by molar-refractivity contribution is -0.128. The molecule has 1 aliphatic rings. The van der Waals surface area contributed by atoms with Gasteiger partial charge in [0.25, 0.3) is 0 Å². The average molecular weight is 290 g/mol. The zero-order valence-electron chi connectivity index (χ0n) is 13.5. The number of nitrogens with zero attached hydrogens (tertiary/aromatic N) is 1. The summed E-state index contributed by atoms with van der Waals surface area (Å²) < 4.78 is 5.43. The smallest absolute Gasteiger partial charge is 0.222 e. The zero-order valence-corrected chi connectivity index (χ0v) is 13.5. The van der Waals surface area contributed by atoms with E-state index in [-0.39, 0.29) is 11.4 Å². The molecule has 1 aliphatic heterocycles. The lowest BCUT2D eigenvalue weighted by atomic mass is 10.1. The molecule has 1 saturated heterocycles. The lowest BCUT2D eigenvalue weighted by Gasteiger charge is -2.22. The van der Waals surface area contributed by atoms with Gasteiger partial charge in [-0.3, -0.25) is 4.79 Å². The molecule has 0 aromatic heterocycles. The highest BCUT2D eigenvalue weighted by Crippen LogP contribution is 2.24. The topological polar surface area (TPSA) is 41.6 Å². The number of hydrogen-bond donors (Lipinski definition) is 1. The molecule has 0 atom stereocenters. The molecule has 0 bridgehead atoms. The van der Waals surface area contributed by atoms with Crippen LogP contribution >= 0.6 is 0 Å². The van der Waals surface area contributed by atoms with E-state index in [1.54, 1.807) is 7.11 Å². The first kappa shape index (κ1) is 15.8. The SMILES string of the molecule is COc1ccc(CNC(C)(C)C)cc1CN1CCCC1=O. The highest BCUT2D eigenvalue weighted by molar-refractivity contribution is 5.78. The number of benzene rings is 1. The van der Waals surface area contributed by atoms with Gasteiger partial charge in [-0.1, -0.05) is 6.07 Å². The Balaban J connectivity index is 2.12. The summed E-state index contributed by atoms with van der Waals surface area (Å²) in [5.74, 6) is 1.10. The molecular weight excluding hydrogens is 264 g/mol. The summed E-state index contributed by atoms with van der Waals surface area (Å²) >= 11 is 0. The van der Waals surface area contributed by atoms with Gasteiger partial charge in [0.15, 0.2) is 0 Å². The first-order chi connectivity index (χ1) is 9.89. The van der Waals surface area contributed by atoms with Crippen molar-refractivity contribution in [3.05, 3.63) is 29.3 Å². The van der Waals surface area contributed by atoms with E-state index in [1.807, 2.05) is 11.0 Å². The Hall–Kier alpha value is -1.55. The number of carbonyl (C=O) groups excluding carboxylic acids is 1. The first-order valence-electron chi connectivity index (χ1n) is 7.57. The van der Waals surface area contributed by atoms with Gasteiger partial charge in [-0.15, -0.1) is 0 Å². The maximum absolute atomic E-state index is 11.8. The van der Waals surface area contributed by atoms with Gasteiger partial charge in [0.05, 0.1) is 7.11 Å². The minimum absolute atomic E-state index is 0.0883. The fourth-order valence-electron chi connectivity index (χ4n) is 2.51. The van der Waals surface area contributed by atoms with Gasteiger partial charge in [0, 0.05) is 37.2 Å². The molecule has 1 aromatic rings. The third-order valence-electron chi connectivity index (χ3n) is 3.70. The second-order valence-electron chi connectivity index (χ2n) is 6.67. The van der Waals surface area contributed by atoms with Crippen molar-refractivity contribution in [1.29, 1.82) is 0 Å². The van der Waals surface area contributed by atoms with E-state index < -0.39 is 0 Å².